The molecule has 0 N–H and O–H groups in total. The van der Waals surface area contributed by atoms with Gasteiger partial charge in [-0.05, 0) is 38.0 Å². The first-order chi connectivity index (χ1) is 12.6. The highest BCUT2D eigenvalue weighted by molar-refractivity contribution is 5.64. The molecule has 0 spiro atoms. The standard InChI is InChI=1S/C20H19F3O4/c1-19(2)11-16(12-5-4-6-13(9-12)20(21,22)23)15-8-7-14(10-17(15)27-19)26-18(24)25-3/h4-10,16H,11H2,1-3H3. The molecule has 0 radical (unpaired) electrons. The van der Waals surface area contributed by atoms with Gasteiger partial charge in [-0.2, -0.15) is 13.2 Å². The van der Waals surface area contributed by atoms with Crippen LogP contribution < -0.4 is 9.47 Å². The summed E-state index contributed by atoms with van der Waals surface area (Å²) < 4.78 is 54.8. The SMILES string of the molecule is COC(=O)Oc1ccc2c(c1)OC(C)(C)CC2c1cccc(C(F)(F)F)c1. The number of alkyl halides is 3. The van der Waals surface area contributed by atoms with Crippen LogP contribution in [0.2, 0.25) is 0 Å². The fraction of sp³-hybridized carbons (Fsp3) is 0.350. The van der Waals surface area contributed by atoms with Crippen molar-refractivity contribution < 1.29 is 32.2 Å². The van der Waals surface area contributed by atoms with Crippen molar-refractivity contribution in [3.63, 3.8) is 0 Å². The van der Waals surface area contributed by atoms with Gasteiger partial charge in [0.15, 0.2) is 0 Å². The maximum absolute atomic E-state index is 13.1. The second-order valence-electron chi connectivity index (χ2n) is 7.00. The maximum Gasteiger partial charge on any atom is 0.513 e. The van der Waals surface area contributed by atoms with E-state index < -0.39 is 23.5 Å². The number of rotatable bonds is 2. The molecule has 1 unspecified atom stereocenters. The van der Waals surface area contributed by atoms with Crippen molar-refractivity contribution in [2.75, 3.05) is 7.11 Å². The van der Waals surface area contributed by atoms with Gasteiger partial charge in [0.2, 0.25) is 0 Å². The molecule has 3 rings (SSSR count). The van der Waals surface area contributed by atoms with E-state index in [9.17, 15) is 18.0 Å². The zero-order valence-electron chi connectivity index (χ0n) is 15.1. The van der Waals surface area contributed by atoms with E-state index in [0.29, 0.717) is 17.7 Å². The summed E-state index contributed by atoms with van der Waals surface area (Å²) in [5.74, 6) is 0.425. The minimum atomic E-state index is -4.41. The highest BCUT2D eigenvalue weighted by atomic mass is 19.4. The van der Waals surface area contributed by atoms with Crippen molar-refractivity contribution in [2.24, 2.45) is 0 Å². The number of benzene rings is 2. The van der Waals surface area contributed by atoms with Gasteiger partial charge in [-0.3, -0.25) is 0 Å². The van der Waals surface area contributed by atoms with Crippen LogP contribution in [0, 0.1) is 0 Å². The molecular weight excluding hydrogens is 361 g/mol. The van der Waals surface area contributed by atoms with E-state index in [-0.39, 0.29) is 11.7 Å². The molecule has 4 nitrogen and oxygen atoms in total. The van der Waals surface area contributed by atoms with Crippen LogP contribution in [-0.2, 0) is 10.9 Å². The Balaban J connectivity index is 2.02. The Hall–Kier alpha value is -2.70. The van der Waals surface area contributed by atoms with Crippen molar-refractivity contribution in [2.45, 2.75) is 38.0 Å². The summed E-state index contributed by atoms with van der Waals surface area (Å²) in [6.07, 6.45) is -4.75. The van der Waals surface area contributed by atoms with E-state index in [0.717, 1.165) is 11.6 Å². The molecular formula is C20H19F3O4. The minimum absolute atomic E-state index is 0.237. The van der Waals surface area contributed by atoms with Crippen molar-refractivity contribution >= 4 is 6.16 Å². The van der Waals surface area contributed by atoms with Crippen LogP contribution in [0.5, 0.6) is 11.5 Å². The number of ether oxygens (including phenoxy) is 3. The van der Waals surface area contributed by atoms with Gasteiger partial charge in [0.05, 0.1) is 12.7 Å². The first-order valence-corrected chi connectivity index (χ1v) is 8.35. The van der Waals surface area contributed by atoms with Crippen LogP contribution in [0.15, 0.2) is 42.5 Å². The lowest BCUT2D eigenvalue weighted by Gasteiger charge is -2.38. The van der Waals surface area contributed by atoms with E-state index in [2.05, 4.69) is 4.74 Å². The van der Waals surface area contributed by atoms with Crippen molar-refractivity contribution in [3.8, 4) is 11.5 Å². The lowest BCUT2D eigenvalue weighted by Crippen LogP contribution is -2.35. The fourth-order valence-corrected chi connectivity index (χ4v) is 3.26. The van der Waals surface area contributed by atoms with Crippen LogP contribution in [0.25, 0.3) is 0 Å². The number of carbonyl (C=O) groups is 1. The van der Waals surface area contributed by atoms with Gasteiger partial charge in [-0.25, -0.2) is 4.79 Å². The quantitative estimate of drug-likeness (QED) is 0.507. The zero-order chi connectivity index (χ0) is 19.8. The molecule has 144 valence electrons. The number of fused-ring (bicyclic) bond motifs is 1. The van der Waals surface area contributed by atoms with Crippen LogP contribution in [-0.4, -0.2) is 18.9 Å². The third kappa shape index (κ3) is 4.18. The largest absolute Gasteiger partial charge is 0.513 e. The number of hydrogen-bond acceptors (Lipinski definition) is 4. The molecule has 2 aromatic carbocycles. The Kier molecular flexibility index (Phi) is 4.80. The average molecular weight is 380 g/mol. The Morgan fingerprint density at radius 1 is 1.19 bits per heavy atom. The molecule has 0 bridgehead atoms. The summed E-state index contributed by atoms with van der Waals surface area (Å²) in [6, 6.07) is 10.1. The van der Waals surface area contributed by atoms with E-state index in [1.165, 1.54) is 19.2 Å². The van der Waals surface area contributed by atoms with Gasteiger partial charge >= 0.3 is 12.3 Å². The Bertz CT molecular complexity index is 859. The minimum Gasteiger partial charge on any atom is -0.487 e. The van der Waals surface area contributed by atoms with E-state index in [1.54, 1.807) is 24.3 Å². The molecule has 0 saturated heterocycles. The summed E-state index contributed by atoms with van der Waals surface area (Å²) in [7, 11) is 1.20. The molecule has 1 heterocycles. The third-order valence-electron chi connectivity index (χ3n) is 4.43. The summed E-state index contributed by atoms with van der Waals surface area (Å²) in [4.78, 5) is 11.3. The van der Waals surface area contributed by atoms with E-state index >= 15 is 0 Å². The first kappa shape index (κ1) is 19.1. The maximum atomic E-state index is 13.1. The van der Waals surface area contributed by atoms with Gasteiger partial charge in [0.25, 0.3) is 0 Å². The summed E-state index contributed by atoms with van der Waals surface area (Å²) in [5.41, 5.74) is 0.0157. The predicted octanol–water partition coefficient (Wildman–Crippen LogP) is 5.54. The van der Waals surface area contributed by atoms with Gasteiger partial charge in [-0.1, -0.05) is 24.3 Å². The number of carbonyl (C=O) groups excluding carboxylic acids is 1. The number of hydrogen-bond donors (Lipinski definition) is 0. The molecule has 1 aliphatic heterocycles. The highest BCUT2D eigenvalue weighted by Crippen LogP contribution is 2.46. The summed E-state index contributed by atoms with van der Waals surface area (Å²) in [6.45, 7) is 3.73. The molecule has 0 aromatic heterocycles. The first-order valence-electron chi connectivity index (χ1n) is 8.35. The van der Waals surface area contributed by atoms with Crippen LogP contribution in [0.3, 0.4) is 0 Å². The predicted molar refractivity (Wildman–Crippen MR) is 92.1 cm³/mol. The monoisotopic (exact) mass is 380 g/mol. The van der Waals surface area contributed by atoms with Gasteiger partial charge in [-0.15, -0.1) is 0 Å². The Morgan fingerprint density at radius 3 is 2.59 bits per heavy atom. The van der Waals surface area contributed by atoms with Crippen molar-refractivity contribution in [1.29, 1.82) is 0 Å². The van der Waals surface area contributed by atoms with Gasteiger partial charge in [0.1, 0.15) is 17.1 Å². The highest BCUT2D eigenvalue weighted by Gasteiger charge is 2.36. The third-order valence-corrected chi connectivity index (χ3v) is 4.43. The van der Waals surface area contributed by atoms with Crippen molar-refractivity contribution in [3.05, 3.63) is 59.2 Å². The second kappa shape index (κ2) is 6.79. The molecule has 7 heteroatoms. The summed E-state index contributed by atoms with van der Waals surface area (Å²) >= 11 is 0. The lowest BCUT2D eigenvalue weighted by molar-refractivity contribution is -0.137. The van der Waals surface area contributed by atoms with Crippen LogP contribution in [0.1, 0.15) is 42.9 Å². The number of methoxy groups -OCH3 is 1. The molecule has 27 heavy (non-hydrogen) atoms. The molecule has 0 fully saturated rings. The Morgan fingerprint density at radius 2 is 1.93 bits per heavy atom. The molecule has 1 aliphatic rings. The van der Waals surface area contributed by atoms with Crippen LogP contribution >= 0.6 is 0 Å². The lowest BCUT2D eigenvalue weighted by atomic mass is 9.79. The molecule has 2 aromatic rings. The normalized spacial score (nSPS) is 18.2. The Labute approximate surface area is 154 Å². The molecule has 0 aliphatic carbocycles. The second-order valence-corrected chi connectivity index (χ2v) is 7.00. The molecule has 0 saturated carbocycles. The average Bonchev–Trinajstić information content (AvgIpc) is 2.59. The van der Waals surface area contributed by atoms with E-state index in [1.807, 2.05) is 13.8 Å². The van der Waals surface area contributed by atoms with Gasteiger partial charge < -0.3 is 14.2 Å². The molecule has 0 amide bonds. The molecule has 1 atom stereocenters. The summed E-state index contributed by atoms with van der Waals surface area (Å²) in [5, 5.41) is 0. The smallest absolute Gasteiger partial charge is 0.487 e. The number of halogens is 3. The van der Waals surface area contributed by atoms with Gasteiger partial charge in [0, 0.05) is 17.5 Å². The van der Waals surface area contributed by atoms with Crippen molar-refractivity contribution in [1.82, 2.24) is 0 Å². The van der Waals surface area contributed by atoms with E-state index in [4.69, 9.17) is 9.47 Å². The fourth-order valence-electron chi connectivity index (χ4n) is 3.26. The topological polar surface area (TPSA) is 44.8 Å². The van der Waals surface area contributed by atoms with Crippen LogP contribution in [0.4, 0.5) is 18.0 Å². The zero-order valence-corrected chi connectivity index (χ0v) is 15.1.